The SMILES string of the molecule is CNC(=O)c1ccc(NC(=O)c2csc(N)n2)c(C)c1. The van der Waals surface area contributed by atoms with Crippen LogP contribution < -0.4 is 16.4 Å². The number of carbonyl (C=O) groups excluding carboxylic acids is 2. The first-order chi connectivity index (χ1) is 9.51. The van der Waals surface area contributed by atoms with Gasteiger partial charge in [-0.3, -0.25) is 9.59 Å². The number of nitrogens with zero attached hydrogens (tertiary/aromatic N) is 1. The quantitative estimate of drug-likeness (QED) is 0.800. The van der Waals surface area contributed by atoms with Crippen LogP contribution in [0, 0.1) is 6.92 Å². The summed E-state index contributed by atoms with van der Waals surface area (Å²) < 4.78 is 0. The van der Waals surface area contributed by atoms with Crippen molar-refractivity contribution >= 4 is 34.0 Å². The van der Waals surface area contributed by atoms with Crippen LogP contribution in [0.25, 0.3) is 0 Å². The Labute approximate surface area is 120 Å². The first kappa shape index (κ1) is 14.0. The number of nitrogens with one attached hydrogen (secondary N) is 2. The topological polar surface area (TPSA) is 97.1 Å². The van der Waals surface area contributed by atoms with Crippen molar-refractivity contribution in [3.8, 4) is 0 Å². The maximum Gasteiger partial charge on any atom is 0.275 e. The zero-order chi connectivity index (χ0) is 14.7. The predicted molar refractivity (Wildman–Crippen MR) is 79.0 cm³/mol. The Morgan fingerprint density at radius 2 is 2.05 bits per heavy atom. The van der Waals surface area contributed by atoms with Gasteiger partial charge in [-0.25, -0.2) is 4.98 Å². The predicted octanol–water partition coefficient (Wildman–Crippen LogP) is 1.65. The summed E-state index contributed by atoms with van der Waals surface area (Å²) in [6.45, 7) is 1.82. The van der Waals surface area contributed by atoms with Gasteiger partial charge in [-0.05, 0) is 30.7 Å². The van der Waals surface area contributed by atoms with Gasteiger partial charge in [0, 0.05) is 23.7 Å². The molecule has 2 rings (SSSR count). The number of nitrogens with two attached hydrogens (primary N) is 1. The van der Waals surface area contributed by atoms with Crippen LogP contribution in [0.4, 0.5) is 10.8 Å². The van der Waals surface area contributed by atoms with E-state index in [2.05, 4.69) is 15.6 Å². The Hall–Kier alpha value is -2.41. The van der Waals surface area contributed by atoms with Crippen LogP contribution in [-0.4, -0.2) is 23.8 Å². The summed E-state index contributed by atoms with van der Waals surface area (Å²) in [5.41, 5.74) is 7.74. The Morgan fingerprint density at radius 1 is 1.30 bits per heavy atom. The fourth-order valence-electron chi connectivity index (χ4n) is 1.67. The zero-order valence-corrected chi connectivity index (χ0v) is 11.9. The van der Waals surface area contributed by atoms with E-state index in [9.17, 15) is 9.59 Å². The van der Waals surface area contributed by atoms with E-state index in [-0.39, 0.29) is 17.5 Å². The molecule has 0 saturated carbocycles. The van der Waals surface area contributed by atoms with Gasteiger partial charge in [0.05, 0.1) is 0 Å². The van der Waals surface area contributed by atoms with E-state index in [1.165, 1.54) is 11.3 Å². The number of rotatable bonds is 3. The summed E-state index contributed by atoms with van der Waals surface area (Å²) in [4.78, 5) is 27.4. The largest absolute Gasteiger partial charge is 0.375 e. The summed E-state index contributed by atoms with van der Waals surface area (Å²) in [7, 11) is 1.57. The second kappa shape index (κ2) is 5.70. The van der Waals surface area contributed by atoms with E-state index in [0.29, 0.717) is 16.4 Å². The summed E-state index contributed by atoms with van der Waals surface area (Å²) >= 11 is 1.21. The highest BCUT2D eigenvalue weighted by atomic mass is 32.1. The first-order valence-corrected chi connectivity index (χ1v) is 6.74. The minimum Gasteiger partial charge on any atom is -0.375 e. The molecule has 0 saturated heterocycles. The maximum absolute atomic E-state index is 12.0. The lowest BCUT2D eigenvalue weighted by Gasteiger charge is -2.08. The van der Waals surface area contributed by atoms with Crippen molar-refractivity contribution in [1.82, 2.24) is 10.3 Å². The number of aromatic nitrogens is 1. The van der Waals surface area contributed by atoms with Crippen molar-refractivity contribution in [2.24, 2.45) is 0 Å². The summed E-state index contributed by atoms with van der Waals surface area (Å²) in [6.07, 6.45) is 0. The number of carbonyl (C=O) groups is 2. The number of amides is 2. The van der Waals surface area contributed by atoms with Crippen LogP contribution in [0.1, 0.15) is 26.4 Å². The third-order valence-corrected chi connectivity index (χ3v) is 3.39. The minimum atomic E-state index is -0.325. The van der Waals surface area contributed by atoms with Crippen LogP contribution in [-0.2, 0) is 0 Å². The van der Waals surface area contributed by atoms with Gasteiger partial charge in [0.2, 0.25) is 0 Å². The molecule has 1 aromatic carbocycles. The van der Waals surface area contributed by atoms with Gasteiger partial charge in [0.15, 0.2) is 5.13 Å². The molecule has 0 aliphatic rings. The maximum atomic E-state index is 12.0. The van der Waals surface area contributed by atoms with E-state index >= 15 is 0 Å². The Bertz CT molecular complexity index is 666. The molecule has 1 heterocycles. The molecule has 20 heavy (non-hydrogen) atoms. The molecule has 0 radical (unpaired) electrons. The normalized spacial score (nSPS) is 10.1. The first-order valence-electron chi connectivity index (χ1n) is 5.86. The lowest BCUT2D eigenvalue weighted by molar-refractivity contribution is 0.0962. The molecule has 7 heteroatoms. The van der Waals surface area contributed by atoms with Gasteiger partial charge in [-0.1, -0.05) is 0 Å². The molecule has 0 spiro atoms. The number of hydrogen-bond donors (Lipinski definition) is 3. The van der Waals surface area contributed by atoms with Crippen molar-refractivity contribution in [2.45, 2.75) is 6.92 Å². The number of nitrogen functional groups attached to an aromatic ring is 1. The van der Waals surface area contributed by atoms with E-state index in [1.54, 1.807) is 30.6 Å². The number of anilines is 2. The van der Waals surface area contributed by atoms with Gasteiger partial charge >= 0.3 is 0 Å². The second-order valence-corrected chi connectivity index (χ2v) is 5.02. The van der Waals surface area contributed by atoms with Gasteiger partial charge < -0.3 is 16.4 Å². The number of thiazole rings is 1. The molecule has 1 aromatic heterocycles. The fraction of sp³-hybridized carbons (Fsp3) is 0.154. The van der Waals surface area contributed by atoms with Crippen LogP contribution in [0.2, 0.25) is 0 Å². The van der Waals surface area contributed by atoms with Crippen molar-refractivity contribution in [1.29, 1.82) is 0 Å². The zero-order valence-electron chi connectivity index (χ0n) is 11.1. The lowest BCUT2D eigenvalue weighted by Crippen LogP contribution is -2.18. The number of hydrogen-bond acceptors (Lipinski definition) is 5. The standard InChI is InChI=1S/C13H14N4O2S/c1-7-5-8(11(18)15-2)3-4-9(7)16-12(19)10-6-20-13(14)17-10/h3-6H,1-2H3,(H2,14,17)(H,15,18)(H,16,19). The molecule has 104 valence electrons. The third kappa shape index (κ3) is 2.94. The highest BCUT2D eigenvalue weighted by molar-refractivity contribution is 7.13. The molecule has 0 unspecified atom stereocenters. The highest BCUT2D eigenvalue weighted by Gasteiger charge is 2.12. The molecule has 0 fully saturated rings. The summed E-state index contributed by atoms with van der Waals surface area (Å²) in [5, 5.41) is 7.24. The fourth-order valence-corrected chi connectivity index (χ4v) is 2.21. The molecule has 4 N–H and O–H groups in total. The van der Waals surface area contributed by atoms with Crippen LogP contribution in [0.3, 0.4) is 0 Å². The van der Waals surface area contributed by atoms with Crippen molar-refractivity contribution in [3.63, 3.8) is 0 Å². The minimum absolute atomic E-state index is 0.168. The van der Waals surface area contributed by atoms with E-state index in [0.717, 1.165) is 5.56 Å². The van der Waals surface area contributed by atoms with Crippen LogP contribution >= 0.6 is 11.3 Å². The van der Waals surface area contributed by atoms with Gasteiger partial charge in [-0.2, -0.15) is 0 Å². The van der Waals surface area contributed by atoms with Gasteiger partial charge in [0.25, 0.3) is 11.8 Å². The molecule has 0 aliphatic heterocycles. The van der Waals surface area contributed by atoms with Crippen molar-refractivity contribution in [2.75, 3.05) is 18.1 Å². The van der Waals surface area contributed by atoms with Gasteiger partial charge in [-0.15, -0.1) is 11.3 Å². The Kier molecular flexibility index (Phi) is 3.99. The Morgan fingerprint density at radius 3 is 2.60 bits per heavy atom. The third-order valence-electron chi connectivity index (χ3n) is 2.72. The molecule has 0 aliphatic carbocycles. The Balaban J connectivity index is 2.18. The molecular formula is C13H14N4O2S. The monoisotopic (exact) mass is 290 g/mol. The van der Waals surface area contributed by atoms with E-state index in [1.807, 2.05) is 6.92 Å². The molecule has 2 aromatic rings. The molecule has 2 amide bonds. The molecule has 0 bridgehead atoms. The van der Waals surface area contributed by atoms with E-state index in [4.69, 9.17) is 5.73 Å². The average Bonchev–Trinajstić information content (AvgIpc) is 2.86. The highest BCUT2D eigenvalue weighted by Crippen LogP contribution is 2.18. The smallest absolute Gasteiger partial charge is 0.275 e. The molecule has 6 nitrogen and oxygen atoms in total. The summed E-state index contributed by atoms with van der Waals surface area (Å²) in [5.74, 6) is -0.494. The van der Waals surface area contributed by atoms with Crippen molar-refractivity contribution in [3.05, 3.63) is 40.4 Å². The van der Waals surface area contributed by atoms with Crippen molar-refractivity contribution < 1.29 is 9.59 Å². The lowest BCUT2D eigenvalue weighted by atomic mass is 10.1. The van der Waals surface area contributed by atoms with Gasteiger partial charge in [0.1, 0.15) is 5.69 Å². The second-order valence-electron chi connectivity index (χ2n) is 4.13. The van der Waals surface area contributed by atoms with Crippen LogP contribution in [0.5, 0.6) is 0 Å². The molecular weight excluding hydrogens is 276 g/mol. The number of benzene rings is 1. The number of aryl methyl sites for hydroxylation is 1. The van der Waals surface area contributed by atoms with E-state index < -0.39 is 0 Å². The summed E-state index contributed by atoms with van der Waals surface area (Å²) in [6, 6.07) is 5.05. The van der Waals surface area contributed by atoms with Crippen LogP contribution in [0.15, 0.2) is 23.6 Å². The average molecular weight is 290 g/mol. The molecule has 0 atom stereocenters.